The highest BCUT2D eigenvalue weighted by molar-refractivity contribution is 8.03. The molecule has 0 aliphatic rings. The van der Waals surface area contributed by atoms with Crippen molar-refractivity contribution in [3.63, 3.8) is 0 Å². The van der Waals surface area contributed by atoms with E-state index in [1.807, 2.05) is 11.8 Å². The molecule has 0 saturated heterocycles. The first-order valence-corrected chi connectivity index (χ1v) is 7.98. The molecule has 0 bridgehead atoms. The number of rotatable bonds is 7. The Balaban J connectivity index is 2.46. The van der Waals surface area contributed by atoms with E-state index in [1.54, 1.807) is 0 Å². The van der Waals surface area contributed by atoms with Gasteiger partial charge < -0.3 is 0 Å². The van der Waals surface area contributed by atoms with Crippen molar-refractivity contribution >= 4 is 23.5 Å². The number of thiocyanates is 1. The molecule has 0 fully saturated rings. The summed E-state index contributed by atoms with van der Waals surface area (Å²) in [6, 6.07) is 8.87. The maximum atomic E-state index is 8.48. The van der Waals surface area contributed by atoms with Crippen molar-refractivity contribution in [2.45, 2.75) is 37.5 Å². The molecule has 0 radical (unpaired) electrons. The minimum Gasteiger partial charge on any atom is -0.185 e. The van der Waals surface area contributed by atoms with Gasteiger partial charge in [-0.2, -0.15) is 5.26 Å². The van der Waals surface area contributed by atoms with Crippen LogP contribution < -0.4 is 0 Å². The molecule has 1 nitrogen and oxygen atoms in total. The van der Waals surface area contributed by atoms with Crippen LogP contribution in [0.3, 0.4) is 0 Å². The van der Waals surface area contributed by atoms with E-state index >= 15 is 0 Å². The molecule has 1 aromatic carbocycles. The Kier molecular flexibility index (Phi) is 7.23. The van der Waals surface area contributed by atoms with Gasteiger partial charge in [0.1, 0.15) is 5.40 Å². The number of nitrogens with zero attached hydrogens (tertiary/aromatic N) is 1. The molecule has 0 aromatic heterocycles. The van der Waals surface area contributed by atoms with Crippen LogP contribution in [0.25, 0.3) is 0 Å². The van der Waals surface area contributed by atoms with Gasteiger partial charge >= 0.3 is 0 Å². The first-order valence-electron chi connectivity index (χ1n) is 6.01. The number of thioether (sulfide) groups is 2. The number of hydrogen-bond donors (Lipinski definition) is 0. The lowest BCUT2D eigenvalue weighted by Gasteiger charge is -2.11. The molecule has 0 saturated carbocycles. The van der Waals surface area contributed by atoms with Gasteiger partial charge in [-0.15, -0.1) is 11.8 Å². The van der Waals surface area contributed by atoms with Crippen molar-refractivity contribution in [1.82, 2.24) is 0 Å². The molecule has 0 aliphatic heterocycles. The summed E-state index contributed by atoms with van der Waals surface area (Å²) in [7, 11) is 0. The van der Waals surface area contributed by atoms with Crippen LogP contribution in [-0.4, -0.2) is 11.5 Å². The third kappa shape index (κ3) is 5.52. The predicted molar refractivity (Wildman–Crippen MR) is 78.6 cm³/mol. The second-order valence-corrected chi connectivity index (χ2v) is 6.09. The zero-order valence-electron chi connectivity index (χ0n) is 10.5. The summed E-state index contributed by atoms with van der Waals surface area (Å²) in [6.45, 7) is 4.43. The molecule has 0 N–H and O–H groups in total. The van der Waals surface area contributed by atoms with Crippen LogP contribution in [0.5, 0.6) is 0 Å². The largest absolute Gasteiger partial charge is 0.185 e. The summed E-state index contributed by atoms with van der Waals surface area (Å²) < 4.78 is 0. The molecule has 92 valence electrons. The predicted octanol–water partition coefficient (Wildman–Crippen LogP) is 4.90. The average Bonchev–Trinajstić information content (AvgIpc) is 2.37. The Labute approximate surface area is 113 Å². The highest BCUT2D eigenvalue weighted by Gasteiger charge is 2.05. The molecule has 0 heterocycles. The van der Waals surface area contributed by atoms with E-state index in [0.29, 0.717) is 5.92 Å². The quantitative estimate of drug-likeness (QED) is 0.398. The lowest BCUT2D eigenvalue weighted by atomic mass is 9.99. The van der Waals surface area contributed by atoms with Crippen LogP contribution >= 0.6 is 23.5 Å². The third-order valence-corrected chi connectivity index (χ3v) is 4.43. The van der Waals surface area contributed by atoms with Crippen molar-refractivity contribution in [2.24, 2.45) is 0 Å². The molecular formula is C14H19NS2. The molecule has 1 unspecified atom stereocenters. The van der Waals surface area contributed by atoms with Crippen LogP contribution in [0.15, 0.2) is 29.2 Å². The minimum atomic E-state index is 0.543. The van der Waals surface area contributed by atoms with E-state index < -0.39 is 0 Å². The first kappa shape index (κ1) is 14.5. The Hall–Kier alpha value is -0.590. The fourth-order valence-corrected chi connectivity index (χ4v) is 2.89. The number of nitriles is 1. The molecule has 1 atom stereocenters. The van der Waals surface area contributed by atoms with Crippen molar-refractivity contribution in [1.29, 1.82) is 5.26 Å². The molecule has 17 heavy (non-hydrogen) atoms. The Morgan fingerprint density at radius 1 is 1.24 bits per heavy atom. The standard InChI is InChI=1S/C14H19NS2/c1-3-9-17-14-6-4-13(5-7-14)12(2)8-10-16-11-15/h4-7,12H,3,8-10H2,1-2H3. The van der Waals surface area contributed by atoms with E-state index in [4.69, 9.17) is 5.26 Å². The van der Waals surface area contributed by atoms with Crippen LogP contribution in [0.1, 0.15) is 38.2 Å². The van der Waals surface area contributed by atoms with Gasteiger partial charge in [-0.1, -0.05) is 26.0 Å². The molecule has 3 heteroatoms. The maximum absolute atomic E-state index is 8.48. The SMILES string of the molecule is CCCSc1ccc(C(C)CCSC#N)cc1. The van der Waals surface area contributed by atoms with Gasteiger partial charge in [-0.3, -0.25) is 0 Å². The van der Waals surface area contributed by atoms with E-state index in [9.17, 15) is 0 Å². The highest BCUT2D eigenvalue weighted by atomic mass is 32.2. The molecule has 1 rings (SSSR count). The van der Waals surface area contributed by atoms with Crippen molar-refractivity contribution in [3.05, 3.63) is 29.8 Å². The molecule has 0 amide bonds. The summed E-state index contributed by atoms with van der Waals surface area (Å²) in [5, 5.41) is 10.6. The molecular weight excluding hydrogens is 246 g/mol. The van der Waals surface area contributed by atoms with Crippen LogP contribution in [0.4, 0.5) is 0 Å². The second-order valence-electron chi connectivity index (χ2n) is 4.05. The van der Waals surface area contributed by atoms with Crippen molar-refractivity contribution in [3.8, 4) is 5.40 Å². The zero-order chi connectivity index (χ0) is 12.5. The maximum Gasteiger partial charge on any atom is 0.133 e. The minimum absolute atomic E-state index is 0.543. The van der Waals surface area contributed by atoms with E-state index in [1.165, 1.54) is 34.4 Å². The monoisotopic (exact) mass is 265 g/mol. The van der Waals surface area contributed by atoms with E-state index in [2.05, 4.69) is 43.5 Å². The summed E-state index contributed by atoms with van der Waals surface area (Å²) >= 11 is 3.26. The van der Waals surface area contributed by atoms with Gasteiger partial charge in [-0.25, -0.2) is 0 Å². The van der Waals surface area contributed by atoms with Gasteiger partial charge in [0.05, 0.1) is 0 Å². The molecule has 0 aliphatic carbocycles. The topological polar surface area (TPSA) is 23.8 Å². The second kappa shape index (κ2) is 8.49. The van der Waals surface area contributed by atoms with Gasteiger partial charge in [0.2, 0.25) is 0 Å². The number of hydrogen-bond acceptors (Lipinski definition) is 3. The number of benzene rings is 1. The van der Waals surface area contributed by atoms with Gasteiger partial charge in [0.15, 0.2) is 0 Å². The van der Waals surface area contributed by atoms with Gasteiger partial charge in [-0.05, 0) is 54.0 Å². The fourth-order valence-electron chi connectivity index (χ4n) is 1.56. The molecule has 1 aromatic rings. The van der Waals surface area contributed by atoms with Crippen molar-refractivity contribution < 1.29 is 0 Å². The first-order chi connectivity index (χ1) is 8.27. The van der Waals surface area contributed by atoms with Crippen LogP contribution in [-0.2, 0) is 0 Å². The van der Waals surface area contributed by atoms with E-state index in [-0.39, 0.29) is 0 Å². The average molecular weight is 265 g/mol. The summed E-state index contributed by atoms with van der Waals surface area (Å²) in [4.78, 5) is 1.36. The smallest absolute Gasteiger partial charge is 0.133 e. The lowest BCUT2D eigenvalue weighted by Crippen LogP contribution is -1.94. The third-order valence-electron chi connectivity index (χ3n) is 2.64. The summed E-state index contributed by atoms with van der Waals surface area (Å²) in [6.07, 6.45) is 2.29. The fraction of sp³-hybridized carbons (Fsp3) is 0.500. The van der Waals surface area contributed by atoms with Gasteiger partial charge in [0, 0.05) is 10.6 Å². The Morgan fingerprint density at radius 3 is 2.53 bits per heavy atom. The normalized spacial score (nSPS) is 12.1. The van der Waals surface area contributed by atoms with Crippen molar-refractivity contribution in [2.75, 3.05) is 11.5 Å². The lowest BCUT2D eigenvalue weighted by molar-refractivity contribution is 0.741. The summed E-state index contributed by atoms with van der Waals surface area (Å²) in [5.41, 5.74) is 1.38. The van der Waals surface area contributed by atoms with Gasteiger partial charge in [0.25, 0.3) is 0 Å². The van der Waals surface area contributed by atoms with Crippen LogP contribution in [0, 0.1) is 10.7 Å². The zero-order valence-corrected chi connectivity index (χ0v) is 12.1. The highest BCUT2D eigenvalue weighted by Crippen LogP contribution is 2.25. The van der Waals surface area contributed by atoms with E-state index in [0.717, 1.165) is 12.2 Å². The summed E-state index contributed by atoms with van der Waals surface area (Å²) in [5.74, 6) is 2.65. The Morgan fingerprint density at radius 2 is 1.94 bits per heavy atom. The van der Waals surface area contributed by atoms with Crippen LogP contribution in [0.2, 0.25) is 0 Å². The molecule has 0 spiro atoms. The Bertz CT molecular complexity index is 353.